The molecule has 0 saturated carbocycles. The molecular formula is C15H23FN2O. The van der Waals surface area contributed by atoms with E-state index in [1.807, 2.05) is 0 Å². The minimum atomic E-state index is -0.394. The van der Waals surface area contributed by atoms with E-state index in [4.69, 9.17) is 0 Å². The second-order valence-corrected chi connectivity index (χ2v) is 5.38. The summed E-state index contributed by atoms with van der Waals surface area (Å²) in [6.07, 6.45) is 3.45. The summed E-state index contributed by atoms with van der Waals surface area (Å²) in [7, 11) is 2.09. The lowest BCUT2D eigenvalue weighted by Crippen LogP contribution is -2.34. The molecule has 1 aliphatic heterocycles. The lowest BCUT2D eigenvalue weighted by molar-refractivity contribution is 0.169. The molecule has 0 aliphatic carbocycles. The molecule has 0 aromatic heterocycles. The number of nitrogens with zero attached hydrogens (tertiary/aromatic N) is 1. The molecule has 3 nitrogen and oxygen atoms in total. The fourth-order valence-electron chi connectivity index (χ4n) is 2.81. The van der Waals surface area contributed by atoms with Crippen molar-refractivity contribution in [2.24, 2.45) is 0 Å². The average Bonchev–Trinajstić information content (AvgIpc) is 2.66. The normalized spacial score (nSPS) is 22.2. The van der Waals surface area contributed by atoms with Gasteiger partial charge in [-0.1, -0.05) is 6.07 Å². The van der Waals surface area contributed by atoms with Crippen molar-refractivity contribution in [1.82, 2.24) is 10.2 Å². The van der Waals surface area contributed by atoms with E-state index in [-0.39, 0.29) is 11.8 Å². The summed E-state index contributed by atoms with van der Waals surface area (Å²) in [5.74, 6) is -0.346. The van der Waals surface area contributed by atoms with Gasteiger partial charge in [-0.3, -0.25) is 4.90 Å². The zero-order valence-electron chi connectivity index (χ0n) is 11.7. The average molecular weight is 266 g/mol. The first-order valence-electron chi connectivity index (χ1n) is 7.00. The quantitative estimate of drug-likeness (QED) is 0.883. The minimum Gasteiger partial charge on any atom is -0.508 e. The SMILES string of the molecule is CC(c1ccc(F)cc1O)N(C)C1CCCNCC1. The maximum absolute atomic E-state index is 13.0. The highest BCUT2D eigenvalue weighted by Gasteiger charge is 2.23. The molecule has 4 heteroatoms. The molecule has 0 radical (unpaired) electrons. The zero-order valence-corrected chi connectivity index (χ0v) is 11.7. The number of rotatable bonds is 3. The van der Waals surface area contributed by atoms with Crippen LogP contribution in [0, 0.1) is 5.82 Å². The summed E-state index contributed by atoms with van der Waals surface area (Å²) in [6.45, 7) is 4.18. The van der Waals surface area contributed by atoms with E-state index in [0.717, 1.165) is 31.5 Å². The molecule has 1 heterocycles. The maximum atomic E-state index is 13.0. The highest BCUT2D eigenvalue weighted by Crippen LogP contribution is 2.30. The monoisotopic (exact) mass is 266 g/mol. The molecular weight excluding hydrogens is 243 g/mol. The van der Waals surface area contributed by atoms with Gasteiger partial charge in [0.2, 0.25) is 0 Å². The highest BCUT2D eigenvalue weighted by atomic mass is 19.1. The molecule has 1 aliphatic rings. The number of halogens is 1. The van der Waals surface area contributed by atoms with Gasteiger partial charge in [0.05, 0.1) is 0 Å². The van der Waals surface area contributed by atoms with Gasteiger partial charge in [-0.25, -0.2) is 4.39 Å². The van der Waals surface area contributed by atoms with Crippen molar-refractivity contribution in [2.75, 3.05) is 20.1 Å². The van der Waals surface area contributed by atoms with E-state index < -0.39 is 5.82 Å². The zero-order chi connectivity index (χ0) is 13.8. The lowest BCUT2D eigenvalue weighted by Gasteiger charge is -2.33. The molecule has 2 rings (SSSR count). The van der Waals surface area contributed by atoms with Crippen LogP contribution in [-0.4, -0.2) is 36.2 Å². The number of hydrogen-bond acceptors (Lipinski definition) is 3. The number of nitrogens with one attached hydrogen (secondary N) is 1. The molecule has 1 aromatic rings. The van der Waals surface area contributed by atoms with Gasteiger partial charge in [0.25, 0.3) is 0 Å². The van der Waals surface area contributed by atoms with E-state index in [1.165, 1.54) is 18.6 Å². The van der Waals surface area contributed by atoms with Crippen LogP contribution in [0.2, 0.25) is 0 Å². The van der Waals surface area contributed by atoms with Gasteiger partial charge in [-0.05, 0) is 52.4 Å². The van der Waals surface area contributed by atoms with Crippen LogP contribution < -0.4 is 5.32 Å². The molecule has 1 aromatic carbocycles. The first-order valence-corrected chi connectivity index (χ1v) is 7.00. The van der Waals surface area contributed by atoms with Crippen LogP contribution in [-0.2, 0) is 0 Å². The Morgan fingerprint density at radius 1 is 1.37 bits per heavy atom. The topological polar surface area (TPSA) is 35.5 Å². The third-order valence-corrected chi connectivity index (χ3v) is 4.17. The van der Waals surface area contributed by atoms with Crippen molar-refractivity contribution in [3.05, 3.63) is 29.6 Å². The van der Waals surface area contributed by atoms with Crippen LogP contribution in [0.1, 0.15) is 37.8 Å². The summed E-state index contributed by atoms with van der Waals surface area (Å²) >= 11 is 0. The van der Waals surface area contributed by atoms with E-state index in [1.54, 1.807) is 6.07 Å². The predicted octanol–water partition coefficient (Wildman–Crippen LogP) is 2.67. The molecule has 1 fully saturated rings. The van der Waals surface area contributed by atoms with Crippen molar-refractivity contribution in [1.29, 1.82) is 0 Å². The van der Waals surface area contributed by atoms with Gasteiger partial charge in [0.1, 0.15) is 11.6 Å². The predicted molar refractivity (Wildman–Crippen MR) is 74.8 cm³/mol. The molecule has 1 saturated heterocycles. The Morgan fingerprint density at radius 3 is 2.89 bits per heavy atom. The molecule has 2 unspecified atom stereocenters. The van der Waals surface area contributed by atoms with Crippen LogP contribution >= 0.6 is 0 Å². The van der Waals surface area contributed by atoms with E-state index in [0.29, 0.717) is 6.04 Å². The Kier molecular flexibility index (Phi) is 4.77. The number of hydrogen-bond donors (Lipinski definition) is 2. The Labute approximate surface area is 114 Å². The summed E-state index contributed by atoms with van der Waals surface area (Å²) in [5.41, 5.74) is 0.793. The molecule has 0 amide bonds. The Bertz CT molecular complexity index is 417. The van der Waals surface area contributed by atoms with Crippen molar-refractivity contribution in [3.8, 4) is 5.75 Å². The summed E-state index contributed by atoms with van der Waals surface area (Å²) < 4.78 is 13.0. The van der Waals surface area contributed by atoms with Gasteiger partial charge >= 0.3 is 0 Å². The molecule has 2 N–H and O–H groups in total. The van der Waals surface area contributed by atoms with Gasteiger partial charge in [-0.15, -0.1) is 0 Å². The van der Waals surface area contributed by atoms with Crippen LogP contribution in [0.4, 0.5) is 4.39 Å². The minimum absolute atomic E-state index is 0.0473. The van der Waals surface area contributed by atoms with Crippen molar-refractivity contribution in [2.45, 2.75) is 38.3 Å². The Hall–Kier alpha value is -1.13. The third kappa shape index (κ3) is 3.45. The molecule has 0 bridgehead atoms. The van der Waals surface area contributed by atoms with Crippen molar-refractivity contribution >= 4 is 0 Å². The second-order valence-electron chi connectivity index (χ2n) is 5.38. The number of aromatic hydroxyl groups is 1. The summed E-state index contributed by atoms with van der Waals surface area (Å²) in [5, 5.41) is 13.3. The van der Waals surface area contributed by atoms with E-state index >= 15 is 0 Å². The fraction of sp³-hybridized carbons (Fsp3) is 0.600. The molecule has 106 valence electrons. The summed E-state index contributed by atoms with van der Waals surface area (Å²) in [6, 6.07) is 4.88. The van der Waals surface area contributed by atoms with Gasteiger partial charge in [0.15, 0.2) is 0 Å². The first-order chi connectivity index (χ1) is 9.09. The van der Waals surface area contributed by atoms with Crippen LogP contribution in [0.15, 0.2) is 18.2 Å². The Balaban J connectivity index is 2.10. The van der Waals surface area contributed by atoms with Crippen LogP contribution in [0.5, 0.6) is 5.75 Å². The smallest absolute Gasteiger partial charge is 0.126 e. The largest absolute Gasteiger partial charge is 0.508 e. The van der Waals surface area contributed by atoms with Gasteiger partial charge < -0.3 is 10.4 Å². The van der Waals surface area contributed by atoms with E-state index in [9.17, 15) is 9.50 Å². The highest BCUT2D eigenvalue weighted by molar-refractivity contribution is 5.35. The van der Waals surface area contributed by atoms with Gasteiger partial charge in [-0.2, -0.15) is 0 Å². The third-order valence-electron chi connectivity index (χ3n) is 4.17. The lowest BCUT2D eigenvalue weighted by atomic mass is 10.0. The number of phenols is 1. The number of benzene rings is 1. The number of phenolic OH excluding ortho intramolecular Hbond substituents is 1. The molecule has 2 atom stereocenters. The summed E-state index contributed by atoms with van der Waals surface area (Å²) in [4.78, 5) is 2.29. The van der Waals surface area contributed by atoms with Crippen molar-refractivity contribution in [3.63, 3.8) is 0 Å². The first kappa shape index (κ1) is 14.3. The van der Waals surface area contributed by atoms with Crippen LogP contribution in [0.25, 0.3) is 0 Å². The standard InChI is InChI=1S/C15H23FN2O/c1-11(14-6-5-12(16)10-15(14)19)18(2)13-4-3-8-17-9-7-13/h5-6,10-11,13,17,19H,3-4,7-9H2,1-2H3. The Morgan fingerprint density at radius 2 is 2.16 bits per heavy atom. The molecule has 0 spiro atoms. The van der Waals surface area contributed by atoms with Gasteiger partial charge in [0, 0.05) is 23.7 Å². The van der Waals surface area contributed by atoms with E-state index in [2.05, 4.69) is 24.2 Å². The van der Waals surface area contributed by atoms with Crippen molar-refractivity contribution < 1.29 is 9.50 Å². The maximum Gasteiger partial charge on any atom is 0.126 e. The van der Waals surface area contributed by atoms with Crippen LogP contribution in [0.3, 0.4) is 0 Å². The molecule has 19 heavy (non-hydrogen) atoms. The fourth-order valence-corrected chi connectivity index (χ4v) is 2.81. The second kappa shape index (κ2) is 6.35.